The van der Waals surface area contributed by atoms with Gasteiger partial charge in [0.15, 0.2) is 8.32 Å². The minimum Gasteiger partial charge on any atom is -0.417 e. The van der Waals surface area contributed by atoms with Gasteiger partial charge in [0, 0.05) is 6.61 Å². The van der Waals surface area contributed by atoms with Gasteiger partial charge >= 0.3 is 0 Å². The molecule has 0 atom stereocenters. The average Bonchev–Trinajstić information content (AvgIpc) is 2.63. The maximum atomic E-state index is 6.07. The van der Waals surface area contributed by atoms with Crippen LogP contribution in [-0.2, 0) is 4.43 Å². The van der Waals surface area contributed by atoms with Crippen molar-refractivity contribution in [2.24, 2.45) is 5.92 Å². The lowest BCUT2D eigenvalue weighted by molar-refractivity contribution is 0.293. The third kappa shape index (κ3) is 1.38. The van der Waals surface area contributed by atoms with E-state index in [2.05, 4.69) is 20.0 Å². The molecule has 0 aromatic rings. The van der Waals surface area contributed by atoms with E-state index < -0.39 is 8.32 Å². The van der Waals surface area contributed by atoms with Crippen molar-refractivity contribution in [1.82, 2.24) is 0 Å². The Kier molecular flexibility index (Phi) is 2.31. The van der Waals surface area contributed by atoms with Crippen molar-refractivity contribution in [2.75, 3.05) is 6.61 Å². The summed E-state index contributed by atoms with van der Waals surface area (Å²) in [5.41, 5.74) is 0. The maximum absolute atomic E-state index is 6.07. The Morgan fingerprint density at radius 3 is 2.31 bits per heavy atom. The summed E-state index contributed by atoms with van der Waals surface area (Å²) < 4.78 is 6.07. The first-order chi connectivity index (χ1) is 6.10. The number of hydrogen-bond acceptors (Lipinski definition) is 1. The standard InChI is InChI=1S/C11H22OSi/c1-4-12-13(2,3)11-7-5-10(9-11)6-8-11/h10H,4-9H2,1-3H3. The van der Waals surface area contributed by atoms with E-state index in [9.17, 15) is 0 Å². The Balaban J connectivity index is 2.13. The van der Waals surface area contributed by atoms with Gasteiger partial charge < -0.3 is 4.43 Å². The van der Waals surface area contributed by atoms with E-state index in [-0.39, 0.29) is 0 Å². The molecule has 2 rings (SSSR count). The molecule has 2 aliphatic rings. The summed E-state index contributed by atoms with van der Waals surface area (Å²) in [6.45, 7) is 7.94. The summed E-state index contributed by atoms with van der Waals surface area (Å²) >= 11 is 0. The van der Waals surface area contributed by atoms with E-state index in [1.165, 1.54) is 32.1 Å². The van der Waals surface area contributed by atoms with Crippen LogP contribution in [0.1, 0.15) is 39.0 Å². The van der Waals surface area contributed by atoms with Crippen molar-refractivity contribution in [2.45, 2.75) is 57.2 Å². The largest absolute Gasteiger partial charge is 0.417 e. The highest BCUT2D eigenvalue weighted by atomic mass is 28.4. The molecule has 2 aliphatic carbocycles. The van der Waals surface area contributed by atoms with Gasteiger partial charge in [-0.3, -0.25) is 0 Å². The summed E-state index contributed by atoms with van der Waals surface area (Å²) in [5.74, 6) is 1.06. The predicted molar refractivity (Wildman–Crippen MR) is 58.4 cm³/mol. The maximum Gasteiger partial charge on any atom is 0.192 e. The second kappa shape index (κ2) is 3.09. The first kappa shape index (κ1) is 9.72. The van der Waals surface area contributed by atoms with Crippen molar-refractivity contribution in [3.8, 4) is 0 Å². The Labute approximate surface area is 83.0 Å². The van der Waals surface area contributed by atoms with E-state index in [0.717, 1.165) is 12.5 Å². The van der Waals surface area contributed by atoms with Crippen LogP contribution in [0.3, 0.4) is 0 Å². The zero-order valence-electron chi connectivity index (χ0n) is 9.23. The highest BCUT2D eigenvalue weighted by molar-refractivity contribution is 6.74. The second-order valence-electron chi connectivity index (χ2n) is 5.37. The Morgan fingerprint density at radius 1 is 1.31 bits per heavy atom. The lowest BCUT2D eigenvalue weighted by atomic mass is 10.0. The fraction of sp³-hybridized carbons (Fsp3) is 1.00. The van der Waals surface area contributed by atoms with Gasteiger partial charge in [0.2, 0.25) is 0 Å². The van der Waals surface area contributed by atoms with Gasteiger partial charge in [0.1, 0.15) is 0 Å². The molecule has 0 radical (unpaired) electrons. The molecular formula is C11H22OSi. The first-order valence-electron chi connectivity index (χ1n) is 5.74. The zero-order valence-corrected chi connectivity index (χ0v) is 10.2. The summed E-state index contributed by atoms with van der Waals surface area (Å²) in [4.78, 5) is 0. The Morgan fingerprint density at radius 2 is 1.92 bits per heavy atom. The minimum absolute atomic E-state index is 0.674. The topological polar surface area (TPSA) is 9.23 Å². The third-order valence-corrected chi connectivity index (χ3v) is 8.79. The fourth-order valence-corrected chi connectivity index (χ4v) is 6.85. The molecule has 2 fully saturated rings. The SMILES string of the molecule is CCO[Si](C)(C)C12CCC(CC1)C2. The minimum atomic E-state index is -1.38. The number of hydrogen-bond donors (Lipinski definition) is 0. The molecule has 0 spiro atoms. The molecule has 13 heavy (non-hydrogen) atoms. The van der Waals surface area contributed by atoms with Crippen LogP contribution in [0, 0.1) is 5.92 Å². The van der Waals surface area contributed by atoms with Crippen LogP contribution in [0.4, 0.5) is 0 Å². The molecule has 0 N–H and O–H groups in total. The van der Waals surface area contributed by atoms with Gasteiger partial charge in [0.05, 0.1) is 0 Å². The van der Waals surface area contributed by atoms with Gasteiger partial charge in [-0.25, -0.2) is 0 Å². The molecule has 2 bridgehead atoms. The second-order valence-corrected chi connectivity index (χ2v) is 9.74. The molecule has 1 nitrogen and oxygen atoms in total. The van der Waals surface area contributed by atoms with E-state index in [0.29, 0.717) is 5.04 Å². The lowest BCUT2D eigenvalue weighted by Gasteiger charge is -2.40. The molecule has 0 aromatic heterocycles. The van der Waals surface area contributed by atoms with Gasteiger partial charge in [-0.05, 0) is 50.2 Å². The van der Waals surface area contributed by atoms with E-state index in [4.69, 9.17) is 4.43 Å². The summed E-state index contributed by atoms with van der Waals surface area (Å²) in [5, 5.41) is 0.674. The van der Waals surface area contributed by atoms with Gasteiger partial charge in [0.25, 0.3) is 0 Å². The highest BCUT2D eigenvalue weighted by Gasteiger charge is 2.55. The average molecular weight is 198 g/mol. The van der Waals surface area contributed by atoms with Crippen molar-refractivity contribution in [3.05, 3.63) is 0 Å². The van der Waals surface area contributed by atoms with Crippen molar-refractivity contribution >= 4 is 8.32 Å². The smallest absolute Gasteiger partial charge is 0.192 e. The quantitative estimate of drug-likeness (QED) is 0.630. The van der Waals surface area contributed by atoms with E-state index in [1.807, 2.05) is 0 Å². The summed E-state index contributed by atoms with van der Waals surface area (Å²) in [6.07, 6.45) is 7.41. The molecule has 2 saturated carbocycles. The van der Waals surface area contributed by atoms with Crippen LogP contribution in [0.5, 0.6) is 0 Å². The normalized spacial score (nSPS) is 38.5. The monoisotopic (exact) mass is 198 g/mol. The molecule has 0 saturated heterocycles. The Bertz CT molecular complexity index is 192. The lowest BCUT2D eigenvalue weighted by Crippen LogP contribution is -2.43. The molecule has 76 valence electrons. The fourth-order valence-electron chi connectivity index (χ4n) is 3.55. The van der Waals surface area contributed by atoms with Crippen molar-refractivity contribution in [3.63, 3.8) is 0 Å². The molecule has 0 aliphatic heterocycles. The van der Waals surface area contributed by atoms with Crippen LogP contribution < -0.4 is 0 Å². The molecule has 0 amide bonds. The van der Waals surface area contributed by atoms with Gasteiger partial charge in [-0.2, -0.15) is 0 Å². The first-order valence-corrected chi connectivity index (χ1v) is 8.64. The third-order valence-electron chi connectivity index (χ3n) is 4.52. The van der Waals surface area contributed by atoms with Crippen molar-refractivity contribution < 1.29 is 4.43 Å². The van der Waals surface area contributed by atoms with Gasteiger partial charge in [-0.15, -0.1) is 0 Å². The molecule has 2 heteroatoms. The number of rotatable bonds is 3. The molecular weight excluding hydrogens is 176 g/mol. The zero-order chi connectivity index (χ0) is 9.53. The molecule has 0 heterocycles. The van der Waals surface area contributed by atoms with Crippen LogP contribution in [0.15, 0.2) is 0 Å². The van der Waals surface area contributed by atoms with E-state index in [1.54, 1.807) is 0 Å². The van der Waals surface area contributed by atoms with Crippen LogP contribution in [0.25, 0.3) is 0 Å². The number of fused-ring (bicyclic) bond motifs is 2. The predicted octanol–water partition coefficient (Wildman–Crippen LogP) is 3.56. The summed E-state index contributed by atoms with van der Waals surface area (Å²) in [6, 6.07) is 0. The highest BCUT2D eigenvalue weighted by Crippen LogP contribution is 2.64. The summed E-state index contributed by atoms with van der Waals surface area (Å²) in [7, 11) is -1.38. The van der Waals surface area contributed by atoms with Crippen LogP contribution in [-0.4, -0.2) is 14.9 Å². The van der Waals surface area contributed by atoms with Gasteiger partial charge in [-0.1, -0.05) is 12.8 Å². The van der Waals surface area contributed by atoms with E-state index >= 15 is 0 Å². The molecule has 0 aromatic carbocycles. The van der Waals surface area contributed by atoms with Crippen molar-refractivity contribution in [1.29, 1.82) is 0 Å². The van der Waals surface area contributed by atoms with Crippen LogP contribution >= 0.6 is 0 Å². The van der Waals surface area contributed by atoms with Crippen LogP contribution in [0.2, 0.25) is 18.1 Å². The Hall–Kier alpha value is 0.177. The molecule has 0 unspecified atom stereocenters.